The van der Waals surface area contributed by atoms with Crippen molar-refractivity contribution < 1.29 is 0 Å². The molecule has 2 aliphatic rings. The molecule has 1 aliphatic carbocycles. The fourth-order valence-electron chi connectivity index (χ4n) is 3.98. The second-order valence-corrected chi connectivity index (χ2v) is 6.66. The summed E-state index contributed by atoms with van der Waals surface area (Å²) in [5, 5.41) is 0.682. The molecule has 0 aromatic heterocycles. The van der Waals surface area contributed by atoms with Crippen LogP contribution in [0.1, 0.15) is 28.2 Å². The first-order valence-electron chi connectivity index (χ1n) is 7.51. The maximum Gasteiger partial charge on any atom is 0.0638 e. The fourth-order valence-corrected chi connectivity index (χ4v) is 4.16. The SMILES string of the molecule is CN1CCc2cc(Cl)c(N)cc2[C@@H]2c3ccccc3C[C@H]21. The normalized spacial score (nSPS) is 24.1. The number of halogens is 1. The van der Waals surface area contributed by atoms with Gasteiger partial charge in [0.2, 0.25) is 0 Å². The molecule has 2 atom stereocenters. The molecule has 0 saturated carbocycles. The van der Waals surface area contributed by atoms with Crippen LogP contribution in [0.15, 0.2) is 36.4 Å². The van der Waals surface area contributed by atoms with E-state index in [1.54, 1.807) is 0 Å². The van der Waals surface area contributed by atoms with Gasteiger partial charge in [0.05, 0.1) is 10.7 Å². The maximum atomic E-state index is 6.24. The Balaban J connectivity index is 1.94. The average Bonchev–Trinajstić information content (AvgIpc) is 2.81. The Morgan fingerprint density at radius 3 is 2.81 bits per heavy atom. The molecule has 2 aromatic rings. The van der Waals surface area contributed by atoms with Gasteiger partial charge in [0.25, 0.3) is 0 Å². The van der Waals surface area contributed by atoms with Gasteiger partial charge in [-0.15, -0.1) is 0 Å². The summed E-state index contributed by atoms with van der Waals surface area (Å²) in [5.41, 5.74) is 12.4. The Bertz CT molecular complexity index is 710. The van der Waals surface area contributed by atoms with Gasteiger partial charge in [-0.3, -0.25) is 0 Å². The Labute approximate surface area is 130 Å². The first kappa shape index (κ1) is 13.2. The molecule has 4 rings (SSSR count). The Morgan fingerprint density at radius 2 is 1.95 bits per heavy atom. The van der Waals surface area contributed by atoms with E-state index in [1.807, 2.05) is 0 Å². The highest BCUT2D eigenvalue weighted by Gasteiger charge is 2.38. The van der Waals surface area contributed by atoms with Crippen molar-refractivity contribution in [3.8, 4) is 0 Å². The van der Waals surface area contributed by atoms with E-state index in [1.165, 1.54) is 22.3 Å². The van der Waals surface area contributed by atoms with Crippen LogP contribution in [0.5, 0.6) is 0 Å². The molecule has 3 heteroatoms. The molecule has 0 bridgehead atoms. The van der Waals surface area contributed by atoms with Crippen LogP contribution in [0.25, 0.3) is 0 Å². The first-order chi connectivity index (χ1) is 10.1. The zero-order valence-corrected chi connectivity index (χ0v) is 12.9. The minimum Gasteiger partial charge on any atom is -0.398 e. The van der Waals surface area contributed by atoms with E-state index in [9.17, 15) is 0 Å². The molecule has 108 valence electrons. The molecule has 2 nitrogen and oxygen atoms in total. The summed E-state index contributed by atoms with van der Waals surface area (Å²) in [4.78, 5) is 2.49. The van der Waals surface area contributed by atoms with Crippen LogP contribution in [-0.4, -0.2) is 24.5 Å². The molecule has 1 aliphatic heterocycles. The summed E-state index contributed by atoms with van der Waals surface area (Å²) in [6.45, 7) is 1.07. The molecule has 1 heterocycles. The molecule has 0 fully saturated rings. The van der Waals surface area contributed by atoms with Gasteiger partial charge in [-0.2, -0.15) is 0 Å². The highest BCUT2D eigenvalue weighted by atomic mass is 35.5. The molecular formula is C18H19ClN2. The van der Waals surface area contributed by atoms with Gasteiger partial charge in [-0.1, -0.05) is 35.9 Å². The predicted octanol–water partition coefficient (Wildman–Crippen LogP) is 3.47. The smallest absolute Gasteiger partial charge is 0.0638 e. The van der Waals surface area contributed by atoms with Crippen LogP contribution in [0.3, 0.4) is 0 Å². The molecule has 2 aromatic carbocycles. The summed E-state index contributed by atoms with van der Waals surface area (Å²) in [6.07, 6.45) is 2.17. The molecule has 0 spiro atoms. The molecule has 0 saturated heterocycles. The number of rotatable bonds is 0. The minimum absolute atomic E-state index is 0.420. The molecule has 2 N–H and O–H groups in total. The third-order valence-electron chi connectivity index (χ3n) is 5.10. The van der Waals surface area contributed by atoms with Gasteiger partial charge < -0.3 is 10.6 Å². The number of nitrogens with two attached hydrogens (primary N) is 1. The summed E-state index contributed by atoms with van der Waals surface area (Å²) < 4.78 is 0. The van der Waals surface area contributed by atoms with Crippen molar-refractivity contribution in [2.75, 3.05) is 19.3 Å². The molecule has 0 radical (unpaired) electrons. The molecule has 0 amide bonds. The van der Waals surface area contributed by atoms with Crippen molar-refractivity contribution in [3.05, 3.63) is 63.7 Å². The number of nitrogens with zero attached hydrogens (tertiary/aromatic N) is 1. The standard InChI is InChI=1S/C18H19ClN2/c1-21-7-6-12-8-15(19)16(20)10-14(12)18-13-5-3-2-4-11(13)9-17(18)21/h2-5,8,10,17-18H,6-7,9,20H2,1H3/t17-,18+/m1/s1. The quantitative estimate of drug-likeness (QED) is 0.755. The Hall–Kier alpha value is -1.51. The molecule has 21 heavy (non-hydrogen) atoms. The second-order valence-electron chi connectivity index (χ2n) is 6.25. The van der Waals surface area contributed by atoms with E-state index in [0.717, 1.165) is 19.4 Å². The van der Waals surface area contributed by atoms with E-state index in [-0.39, 0.29) is 0 Å². The van der Waals surface area contributed by atoms with Gasteiger partial charge >= 0.3 is 0 Å². The lowest BCUT2D eigenvalue weighted by Gasteiger charge is -2.27. The van der Waals surface area contributed by atoms with E-state index in [0.29, 0.717) is 22.7 Å². The van der Waals surface area contributed by atoms with Gasteiger partial charge in [-0.25, -0.2) is 0 Å². The lowest BCUT2D eigenvalue weighted by Crippen LogP contribution is -2.34. The lowest BCUT2D eigenvalue weighted by atomic mass is 9.87. The van der Waals surface area contributed by atoms with Gasteiger partial charge in [0.15, 0.2) is 0 Å². The largest absolute Gasteiger partial charge is 0.398 e. The summed E-state index contributed by atoms with van der Waals surface area (Å²) >= 11 is 6.24. The minimum atomic E-state index is 0.420. The number of nitrogen functional groups attached to an aromatic ring is 1. The average molecular weight is 299 g/mol. The van der Waals surface area contributed by atoms with Crippen molar-refractivity contribution in [1.82, 2.24) is 4.90 Å². The van der Waals surface area contributed by atoms with E-state index in [2.05, 4.69) is 48.3 Å². The predicted molar refractivity (Wildman–Crippen MR) is 88.0 cm³/mol. The number of hydrogen-bond acceptors (Lipinski definition) is 2. The van der Waals surface area contributed by atoms with Gasteiger partial charge in [0.1, 0.15) is 0 Å². The van der Waals surface area contributed by atoms with Crippen LogP contribution in [-0.2, 0) is 12.8 Å². The van der Waals surface area contributed by atoms with Crippen molar-refractivity contribution in [2.24, 2.45) is 0 Å². The summed E-state index contributed by atoms with van der Waals surface area (Å²) in [7, 11) is 2.24. The Kier molecular flexibility index (Phi) is 2.98. The number of likely N-dealkylation sites (N-methyl/N-ethyl adjacent to an activating group) is 1. The Morgan fingerprint density at radius 1 is 1.14 bits per heavy atom. The first-order valence-corrected chi connectivity index (χ1v) is 7.89. The third-order valence-corrected chi connectivity index (χ3v) is 5.42. The lowest BCUT2D eigenvalue weighted by molar-refractivity contribution is 0.244. The number of benzene rings is 2. The van der Waals surface area contributed by atoms with Crippen molar-refractivity contribution in [3.63, 3.8) is 0 Å². The van der Waals surface area contributed by atoms with Crippen LogP contribution in [0, 0.1) is 0 Å². The van der Waals surface area contributed by atoms with Gasteiger partial charge in [0, 0.05) is 18.5 Å². The zero-order chi connectivity index (χ0) is 14.6. The van der Waals surface area contributed by atoms with Crippen molar-refractivity contribution in [2.45, 2.75) is 24.8 Å². The van der Waals surface area contributed by atoms with E-state index >= 15 is 0 Å². The van der Waals surface area contributed by atoms with Crippen molar-refractivity contribution >= 4 is 17.3 Å². The highest BCUT2D eigenvalue weighted by Crippen LogP contribution is 2.44. The van der Waals surface area contributed by atoms with Crippen LogP contribution in [0.2, 0.25) is 5.02 Å². The van der Waals surface area contributed by atoms with Crippen molar-refractivity contribution in [1.29, 1.82) is 0 Å². The zero-order valence-electron chi connectivity index (χ0n) is 12.1. The van der Waals surface area contributed by atoms with Crippen LogP contribution >= 0.6 is 11.6 Å². The van der Waals surface area contributed by atoms with Crippen LogP contribution in [0.4, 0.5) is 5.69 Å². The maximum absolute atomic E-state index is 6.24. The number of fused-ring (bicyclic) bond motifs is 5. The molecular weight excluding hydrogens is 280 g/mol. The number of hydrogen-bond donors (Lipinski definition) is 1. The summed E-state index contributed by atoms with van der Waals surface area (Å²) in [5.74, 6) is 0.420. The fraction of sp³-hybridized carbons (Fsp3) is 0.333. The van der Waals surface area contributed by atoms with E-state index in [4.69, 9.17) is 17.3 Å². The van der Waals surface area contributed by atoms with E-state index < -0.39 is 0 Å². The highest BCUT2D eigenvalue weighted by molar-refractivity contribution is 6.33. The second kappa shape index (κ2) is 4.75. The third kappa shape index (κ3) is 1.97. The summed E-state index contributed by atoms with van der Waals surface area (Å²) in [6, 6.07) is 13.5. The topological polar surface area (TPSA) is 29.3 Å². The number of anilines is 1. The van der Waals surface area contributed by atoms with Crippen LogP contribution < -0.4 is 5.73 Å². The van der Waals surface area contributed by atoms with Gasteiger partial charge in [-0.05, 0) is 54.3 Å². The monoisotopic (exact) mass is 298 g/mol. The molecule has 0 unspecified atom stereocenters.